The van der Waals surface area contributed by atoms with Gasteiger partial charge in [0.25, 0.3) is 0 Å². The van der Waals surface area contributed by atoms with Crippen LogP contribution in [-0.2, 0) is 6.54 Å². The number of phenols is 1. The molecule has 0 amide bonds. The van der Waals surface area contributed by atoms with Gasteiger partial charge in [-0.25, -0.2) is 0 Å². The van der Waals surface area contributed by atoms with E-state index in [1.165, 1.54) is 0 Å². The van der Waals surface area contributed by atoms with Gasteiger partial charge in [0.15, 0.2) is 0 Å². The first-order chi connectivity index (χ1) is 8.16. The van der Waals surface area contributed by atoms with E-state index in [-0.39, 0.29) is 6.10 Å². The maximum Gasteiger partial charge on any atom is 0.122 e. The van der Waals surface area contributed by atoms with Crippen LogP contribution in [0.5, 0.6) is 5.75 Å². The van der Waals surface area contributed by atoms with Crippen LogP contribution in [0.4, 0.5) is 0 Å². The molecule has 0 radical (unpaired) electrons. The highest BCUT2D eigenvalue weighted by atomic mass is 16.3. The number of aromatic hydroxyl groups is 1. The van der Waals surface area contributed by atoms with Crippen LogP contribution in [0, 0.1) is 12.8 Å². The van der Waals surface area contributed by atoms with Crippen molar-refractivity contribution in [1.29, 1.82) is 0 Å². The quantitative estimate of drug-likeness (QED) is 0.747. The molecular formula is C14H21NO2. The molecule has 1 aromatic rings. The molecule has 94 valence electrons. The Hall–Kier alpha value is -1.06. The molecule has 0 heterocycles. The van der Waals surface area contributed by atoms with E-state index >= 15 is 0 Å². The minimum atomic E-state index is -0.103. The largest absolute Gasteiger partial charge is 0.507 e. The smallest absolute Gasteiger partial charge is 0.122 e. The highest BCUT2D eigenvalue weighted by Crippen LogP contribution is 2.25. The van der Waals surface area contributed by atoms with Crippen molar-refractivity contribution in [2.45, 2.75) is 38.8 Å². The van der Waals surface area contributed by atoms with Gasteiger partial charge in [0.1, 0.15) is 5.75 Å². The Morgan fingerprint density at radius 3 is 2.88 bits per heavy atom. The number of nitrogens with one attached hydrogen (secondary N) is 1. The standard InChI is InChI=1S/C14H21NO2/c1-10-3-2-4-12(14(10)17)9-15-8-11-5-6-13(16)7-11/h2-4,11,13,15-17H,5-9H2,1H3. The molecule has 3 N–H and O–H groups in total. The number of aliphatic hydroxyl groups is 1. The van der Waals surface area contributed by atoms with Crippen molar-refractivity contribution in [2.24, 2.45) is 5.92 Å². The Kier molecular flexibility index (Phi) is 4.02. The van der Waals surface area contributed by atoms with Crippen molar-refractivity contribution in [1.82, 2.24) is 5.32 Å². The van der Waals surface area contributed by atoms with E-state index in [2.05, 4.69) is 5.32 Å². The summed E-state index contributed by atoms with van der Waals surface area (Å²) in [6, 6.07) is 5.82. The molecule has 3 nitrogen and oxygen atoms in total. The van der Waals surface area contributed by atoms with Gasteiger partial charge < -0.3 is 15.5 Å². The Morgan fingerprint density at radius 1 is 1.35 bits per heavy atom. The van der Waals surface area contributed by atoms with Gasteiger partial charge >= 0.3 is 0 Å². The van der Waals surface area contributed by atoms with Crippen LogP contribution >= 0.6 is 0 Å². The third kappa shape index (κ3) is 3.20. The molecule has 17 heavy (non-hydrogen) atoms. The van der Waals surface area contributed by atoms with Crippen molar-refractivity contribution < 1.29 is 10.2 Å². The van der Waals surface area contributed by atoms with E-state index in [0.717, 1.165) is 36.9 Å². The van der Waals surface area contributed by atoms with Gasteiger partial charge in [-0.15, -0.1) is 0 Å². The molecule has 0 aliphatic heterocycles. The highest BCUT2D eigenvalue weighted by Gasteiger charge is 2.22. The first-order valence-electron chi connectivity index (χ1n) is 6.33. The molecule has 1 aliphatic carbocycles. The minimum Gasteiger partial charge on any atom is -0.507 e. The summed E-state index contributed by atoms with van der Waals surface area (Å²) in [7, 11) is 0. The van der Waals surface area contributed by atoms with Gasteiger partial charge in [-0.2, -0.15) is 0 Å². The molecule has 1 saturated carbocycles. The molecule has 0 spiro atoms. The van der Waals surface area contributed by atoms with E-state index in [1.807, 2.05) is 25.1 Å². The molecule has 1 aromatic carbocycles. The summed E-state index contributed by atoms with van der Waals surface area (Å²) in [5, 5.41) is 22.6. The van der Waals surface area contributed by atoms with E-state index in [0.29, 0.717) is 18.2 Å². The van der Waals surface area contributed by atoms with Crippen LogP contribution in [0.1, 0.15) is 30.4 Å². The molecule has 2 unspecified atom stereocenters. The fraction of sp³-hybridized carbons (Fsp3) is 0.571. The van der Waals surface area contributed by atoms with Gasteiger partial charge in [-0.3, -0.25) is 0 Å². The Balaban J connectivity index is 1.80. The fourth-order valence-electron chi connectivity index (χ4n) is 2.51. The number of rotatable bonds is 4. The molecular weight excluding hydrogens is 214 g/mol. The predicted octanol–water partition coefficient (Wildman–Crippen LogP) is 1.95. The van der Waals surface area contributed by atoms with Crippen LogP contribution in [-0.4, -0.2) is 22.9 Å². The summed E-state index contributed by atoms with van der Waals surface area (Å²) < 4.78 is 0. The lowest BCUT2D eigenvalue weighted by atomic mass is 10.1. The van der Waals surface area contributed by atoms with Crippen LogP contribution < -0.4 is 5.32 Å². The zero-order chi connectivity index (χ0) is 12.3. The zero-order valence-electron chi connectivity index (χ0n) is 10.3. The lowest BCUT2D eigenvalue weighted by Crippen LogP contribution is -2.21. The lowest BCUT2D eigenvalue weighted by molar-refractivity contribution is 0.177. The molecule has 1 aliphatic rings. The van der Waals surface area contributed by atoms with Crippen molar-refractivity contribution in [2.75, 3.05) is 6.54 Å². The monoisotopic (exact) mass is 235 g/mol. The summed E-state index contributed by atoms with van der Waals surface area (Å²) in [6.45, 7) is 3.52. The summed E-state index contributed by atoms with van der Waals surface area (Å²) in [6.07, 6.45) is 2.84. The van der Waals surface area contributed by atoms with Crippen molar-refractivity contribution >= 4 is 0 Å². The lowest BCUT2D eigenvalue weighted by Gasteiger charge is -2.12. The molecule has 0 saturated heterocycles. The third-order valence-electron chi connectivity index (χ3n) is 3.58. The summed E-state index contributed by atoms with van der Waals surface area (Å²) in [4.78, 5) is 0. The molecule has 2 rings (SSSR count). The number of aliphatic hydroxyl groups excluding tert-OH is 1. The number of benzene rings is 1. The Bertz CT molecular complexity index is 378. The van der Waals surface area contributed by atoms with E-state index < -0.39 is 0 Å². The van der Waals surface area contributed by atoms with Crippen LogP contribution in [0.15, 0.2) is 18.2 Å². The van der Waals surface area contributed by atoms with Gasteiger partial charge in [0.05, 0.1) is 6.10 Å². The maximum atomic E-state index is 9.85. The van der Waals surface area contributed by atoms with Crippen LogP contribution in [0.2, 0.25) is 0 Å². The summed E-state index contributed by atoms with van der Waals surface area (Å²) in [5.41, 5.74) is 1.86. The maximum absolute atomic E-state index is 9.85. The Morgan fingerprint density at radius 2 is 2.18 bits per heavy atom. The third-order valence-corrected chi connectivity index (χ3v) is 3.58. The number of hydrogen-bond donors (Lipinski definition) is 3. The summed E-state index contributed by atoms with van der Waals surface area (Å²) in [5.74, 6) is 0.975. The number of hydrogen-bond acceptors (Lipinski definition) is 3. The van der Waals surface area contributed by atoms with E-state index in [4.69, 9.17) is 0 Å². The molecule has 0 bridgehead atoms. The highest BCUT2D eigenvalue weighted by molar-refractivity contribution is 5.39. The van der Waals surface area contributed by atoms with Gasteiger partial charge in [-0.1, -0.05) is 18.2 Å². The molecule has 1 fully saturated rings. The SMILES string of the molecule is Cc1cccc(CNCC2CCC(O)C2)c1O. The van der Waals surface area contributed by atoms with Gasteiger partial charge in [0.2, 0.25) is 0 Å². The van der Waals surface area contributed by atoms with Crippen LogP contribution in [0.25, 0.3) is 0 Å². The topological polar surface area (TPSA) is 52.5 Å². The fourth-order valence-corrected chi connectivity index (χ4v) is 2.51. The number of phenolic OH excluding ortho intramolecular Hbond substituents is 1. The van der Waals surface area contributed by atoms with Gasteiger partial charge in [-0.05, 0) is 44.2 Å². The predicted molar refractivity (Wildman–Crippen MR) is 67.9 cm³/mol. The van der Waals surface area contributed by atoms with Crippen molar-refractivity contribution in [3.05, 3.63) is 29.3 Å². The first kappa shape index (κ1) is 12.4. The van der Waals surface area contributed by atoms with Crippen molar-refractivity contribution in [3.8, 4) is 5.75 Å². The van der Waals surface area contributed by atoms with E-state index in [1.54, 1.807) is 0 Å². The Labute approximate surface area is 102 Å². The van der Waals surface area contributed by atoms with Crippen LogP contribution in [0.3, 0.4) is 0 Å². The number of para-hydroxylation sites is 1. The van der Waals surface area contributed by atoms with E-state index in [9.17, 15) is 10.2 Å². The second-order valence-corrected chi connectivity index (χ2v) is 5.05. The average Bonchev–Trinajstić information content (AvgIpc) is 2.70. The molecule has 0 aromatic heterocycles. The number of aryl methyl sites for hydroxylation is 1. The average molecular weight is 235 g/mol. The molecule has 2 atom stereocenters. The molecule has 3 heteroatoms. The van der Waals surface area contributed by atoms with Gasteiger partial charge in [0, 0.05) is 12.1 Å². The second kappa shape index (κ2) is 5.52. The second-order valence-electron chi connectivity index (χ2n) is 5.05. The summed E-state index contributed by atoms with van der Waals surface area (Å²) >= 11 is 0. The first-order valence-corrected chi connectivity index (χ1v) is 6.33. The zero-order valence-corrected chi connectivity index (χ0v) is 10.3. The normalized spacial score (nSPS) is 24.1. The minimum absolute atomic E-state index is 0.103. The van der Waals surface area contributed by atoms with Crippen molar-refractivity contribution in [3.63, 3.8) is 0 Å².